The first kappa shape index (κ1) is 28.4. The molecule has 1 aliphatic heterocycles. The van der Waals surface area contributed by atoms with Crippen molar-refractivity contribution in [1.29, 1.82) is 5.26 Å². The molecule has 9 aliphatic rings. The summed E-state index contributed by atoms with van der Waals surface area (Å²) in [5.41, 5.74) is 13.0. The van der Waals surface area contributed by atoms with Crippen molar-refractivity contribution in [1.82, 2.24) is 0 Å². The second-order valence-corrected chi connectivity index (χ2v) is 14.9. The molecule has 8 unspecified atom stereocenters. The van der Waals surface area contributed by atoms with Gasteiger partial charge in [-0.1, -0.05) is 115 Å². The van der Waals surface area contributed by atoms with Crippen LogP contribution in [0, 0.1) is 52.3 Å². The van der Waals surface area contributed by atoms with Crippen molar-refractivity contribution < 1.29 is 4.74 Å². The first-order chi connectivity index (χ1) is 23.8. The molecule has 0 aromatic heterocycles. The Kier molecular flexibility index (Phi) is 6.49. The molecule has 2 nitrogen and oxygen atoms in total. The molecule has 1 aromatic carbocycles. The number of nitrogens with zero attached hydrogens (tertiary/aromatic N) is 1. The highest BCUT2D eigenvalue weighted by atomic mass is 16.5. The molecule has 1 fully saturated rings. The minimum atomic E-state index is -0.242. The van der Waals surface area contributed by atoms with Crippen LogP contribution in [0.15, 0.2) is 166 Å². The summed E-state index contributed by atoms with van der Waals surface area (Å²) >= 11 is 0. The lowest BCUT2D eigenvalue weighted by atomic mass is 9.53. The summed E-state index contributed by atoms with van der Waals surface area (Å²) in [6, 6.07) is 13.8. The van der Waals surface area contributed by atoms with Crippen molar-refractivity contribution >= 4 is 5.57 Å². The molecule has 1 heterocycles. The number of nitriles is 1. The van der Waals surface area contributed by atoms with Gasteiger partial charge in [-0.25, -0.2) is 0 Å². The maximum Gasteiger partial charge on any atom is 0.125 e. The number of hydrogen-bond donors (Lipinski definition) is 0. The fourth-order valence-corrected chi connectivity index (χ4v) is 11.1. The van der Waals surface area contributed by atoms with Gasteiger partial charge in [-0.15, -0.1) is 0 Å². The molecule has 0 radical (unpaired) electrons. The quantitative estimate of drug-likeness (QED) is 0.307. The lowest BCUT2D eigenvalue weighted by Gasteiger charge is -2.54. The molecule has 48 heavy (non-hydrogen) atoms. The van der Waals surface area contributed by atoms with Crippen molar-refractivity contribution in [3.05, 3.63) is 172 Å². The minimum Gasteiger partial charge on any atom is -0.486 e. The zero-order valence-electron chi connectivity index (χ0n) is 27.4. The molecule has 0 N–H and O–H groups in total. The molecular weight excluding hydrogens is 583 g/mol. The topological polar surface area (TPSA) is 33.0 Å². The number of allylic oxidation sites excluding steroid dienone is 21. The van der Waals surface area contributed by atoms with Crippen LogP contribution in [0.4, 0.5) is 0 Å². The van der Waals surface area contributed by atoms with Crippen molar-refractivity contribution in [3.63, 3.8) is 0 Å². The van der Waals surface area contributed by atoms with Crippen LogP contribution in [0.5, 0.6) is 0 Å². The summed E-state index contributed by atoms with van der Waals surface area (Å²) in [7, 11) is 0. The number of rotatable bonds is 2. The summed E-state index contributed by atoms with van der Waals surface area (Å²) in [4.78, 5) is 0. The standard InChI is InChI=1S/C46H41NO/c47-28-29-22-24-42-40(26-29)46(38-20-10-8-14-32(38)33-15-9-11-21-39(33)46)41-27-31(23-25-43(41)48-42)45-36-18-6-4-16-34(36)44(30-12-2-1-3-13-30)35-17-5-7-19-37(35)45/h1-4,7-10,12-16,19-20,23-27,29,32,34,36,38,41,43H,5-6,11,17-18,21-22H2. The molecule has 1 saturated heterocycles. The van der Waals surface area contributed by atoms with Crippen molar-refractivity contribution in [2.45, 2.75) is 51.0 Å². The third-order valence-electron chi connectivity index (χ3n) is 12.8. The highest BCUT2D eigenvalue weighted by molar-refractivity contribution is 5.82. The van der Waals surface area contributed by atoms with Crippen LogP contribution in [-0.4, -0.2) is 6.10 Å². The van der Waals surface area contributed by atoms with Gasteiger partial charge in [0.25, 0.3) is 0 Å². The molecule has 1 aromatic rings. The van der Waals surface area contributed by atoms with Crippen LogP contribution in [0.25, 0.3) is 5.57 Å². The normalized spacial score (nSPS) is 36.6. The first-order valence-electron chi connectivity index (χ1n) is 18.3. The van der Waals surface area contributed by atoms with Crippen LogP contribution in [0.1, 0.15) is 50.5 Å². The van der Waals surface area contributed by atoms with E-state index in [0.29, 0.717) is 23.7 Å². The minimum absolute atomic E-state index is 0.0403. The summed E-state index contributed by atoms with van der Waals surface area (Å²) in [6.45, 7) is 0. The highest BCUT2D eigenvalue weighted by Gasteiger charge is 2.62. The maximum absolute atomic E-state index is 10.2. The Bertz CT molecular complexity index is 2020. The van der Waals surface area contributed by atoms with Gasteiger partial charge in [0, 0.05) is 34.7 Å². The molecule has 0 amide bonds. The summed E-state index contributed by atoms with van der Waals surface area (Å²) in [5.74, 6) is 2.50. The van der Waals surface area contributed by atoms with Gasteiger partial charge in [0.15, 0.2) is 0 Å². The average Bonchev–Trinajstić information content (AvgIpc) is 3.45. The average molecular weight is 624 g/mol. The van der Waals surface area contributed by atoms with Crippen LogP contribution >= 0.6 is 0 Å². The zero-order valence-corrected chi connectivity index (χ0v) is 27.4. The van der Waals surface area contributed by atoms with Crippen LogP contribution in [-0.2, 0) is 4.74 Å². The monoisotopic (exact) mass is 623 g/mol. The van der Waals surface area contributed by atoms with Crippen molar-refractivity contribution in [2.24, 2.45) is 40.9 Å². The second kappa shape index (κ2) is 11.0. The number of hydrogen-bond acceptors (Lipinski definition) is 2. The first-order valence-corrected chi connectivity index (χ1v) is 18.3. The Morgan fingerprint density at radius 1 is 0.792 bits per heavy atom. The van der Waals surface area contributed by atoms with E-state index in [4.69, 9.17) is 4.74 Å². The fourth-order valence-electron chi connectivity index (χ4n) is 11.1. The van der Waals surface area contributed by atoms with E-state index in [1.807, 2.05) is 0 Å². The molecule has 1 spiro atoms. The third kappa shape index (κ3) is 3.91. The van der Waals surface area contributed by atoms with Gasteiger partial charge < -0.3 is 4.74 Å². The highest BCUT2D eigenvalue weighted by Crippen LogP contribution is 2.68. The molecule has 0 bridgehead atoms. The van der Waals surface area contributed by atoms with Gasteiger partial charge in [0.1, 0.15) is 11.9 Å². The van der Waals surface area contributed by atoms with E-state index >= 15 is 0 Å². The van der Waals surface area contributed by atoms with Gasteiger partial charge in [-0.3, -0.25) is 0 Å². The van der Waals surface area contributed by atoms with Crippen molar-refractivity contribution in [2.75, 3.05) is 0 Å². The summed E-state index contributed by atoms with van der Waals surface area (Å²) in [5, 5.41) is 10.2. The summed E-state index contributed by atoms with van der Waals surface area (Å²) in [6.07, 6.45) is 43.3. The third-order valence-corrected chi connectivity index (χ3v) is 12.8. The molecule has 8 aliphatic carbocycles. The fraction of sp³-hybridized carbons (Fsp3) is 0.326. The Labute approximate surface area is 284 Å². The maximum atomic E-state index is 10.2. The Hall–Kier alpha value is -4.61. The smallest absolute Gasteiger partial charge is 0.125 e. The Balaban J connectivity index is 1.21. The van der Waals surface area contributed by atoms with E-state index < -0.39 is 0 Å². The SMILES string of the molecule is N#CC1C=C2C(=CC1)OC1C=CC(C3=C4C=CCCC4=C(c4ccccc4)C4C=CCCC34)=CC1C21C2=C(C=CCC2)C2C=CC=CC21. The number of ether oxygens (including phenoxy) is 1. The van der Waals surface area contributed by atoms with E-state index in [-0.39, 0.29) is 23.4 Å². The van der Waals surface area contributed by atoms with Crippen LogP contribution < -0.4 is 0 Å². The van der Waals surface area contributed by atoms with Gasteiger partial charge in [0.05, 0.1) is 12.0 Å². The van der Waals surface area contributed by atoms with Gasteiger partial charge in [-0.2, -0.15) is 5.26 Å². The van der Waals surface area contributed by atoms with E-state index in [2.05, 4.69) is 128 Å². The van der Waals surface area contributed by atoms with Gasteiger partial charge in [-0.05, 0) is 102 Å². The molecule has 0 saturated carbocycles. The van der Waals surface area contributed by atoms with Crippen LogP contribution in [0.3, 0.4) is 0 Å². The molecule has 236 valence electrons. The van der Waals surface area contributed by atoms with Crippen LogP contribution in [0.2, 0.25) is 0 Å². The predicted molar refractivity (Wildman–Crippen MR) is 193 cm³/mol. The van der Waals surface area contributed by atoms with E-state index in [9.17, 15) is 5.26 Å². The largest absolute Gasteiger partial charge is 0.486 e. The number of fused-ring (bicyclic) bond motifs is 10. The predicted octanol–water partition coefficient (Wildman–Crippen LogP) is 10.6. The van der Waals surface area contributed by atoms with E-state index in [1.54, 1.807) is 22.3 Å². The molecule has 2 heteroatoms. The molecule has 10 rings (SSSR count). The number of benzene rings is 1. The van der Waals surface area contributed by atoms with E-state index in [0.717, 1.165) is 44.3 Å². The lowest BCUT2D eigenvalue weighted by molar-refractivity contribution is 0.0194. The Morgan fingerprint density at radius 3 is 2.58 bits per heavy atom. The second-order valence-electron chi connectivity index (χ2n) is 14.9. The van der Waals surface area contributed by atoms with Gasteiger partial charge >= 0.3 is 0 Å². The van der Waals surface area contributed by atoms with Gasteiger partial charge in [0.2, 0.25) is 0 Å². The van der Waals surface area contributed by atoms with Crippen molar-refractivity contribution in [3.8, 4) is 6.07 Å². The molecular formula is C46H41NO. The lowest BCUT2D eigenvalue weighted by Crippen LogP contribution is -2.50. The summed E-state index contributed by atoms with van der Waals surface area (Å²) < 4.78 is 6.98. The van der Waals surface area contributed by atoms with E-state index in [1.165, 1.54) is 34.3 Å². The molecule has 8 atom stereocenters. The Morgan fingerprint density at radius 2 is 1.67 bits per heavy atom. The zero-order chi connectivity index (χ0) is 31.8.